The SMILES string of the molecule is CC(=CC=CC1=C(c2ccc3c(c2)C(C)(C)CCC3(C)C)CCCC1)C(=O)O. The van der Waals surface area contributed by atoms with Crippen molar-refractivity contribution in [2.45, 2.75) is 84.0 Å². The number of aliphatic carboxylic acids is 1. The van der Waals surface area contributed by atoms with Crippen molar-refractivity contribution in [2.75, 3.05) is 0 Å². The Morgan fingerprint density at radius 1 is 1.00 bits per heavy atom. The fraction of sp³-hybridized carbons (Fsp3) is 0.500. The lowest BCUT2D eigenvalue weighted by Crippen LogP contribution is -2.33. The summed E-state index contributed by atoms with van der Waals surface area (Å²) in [5.74, 6) is -0.859. The van der Waals surface area contributed by atoms with E-state index in [-0.39, 0.29) is 10.8 Å². The molecular formula is C26H34O2. The van der Waals surface area contributed by atoms with Crippen LogP contribution in [-0.4, -0.2) is 11.1 Å². The van der Waals surface area contributed by atoms with Crippen molar-refractivity contribution in [3.8, 4) is 0 Å². The van der Waals surface area contributed by atoms with Gasteiger partial charge in [0, 0.05) is 5.57 Å². The Balaban J connectivity index is 2.03. The lowest BCUT2D eigenvalue weighted by molar-refractivity contribution is -0.132. The van der Waals surface area contributed by atoms with Crippen molar-refractivity contribution in [1.82, 2.24) is 0 Å². The molecule has 2 aliphatic rings. The zero-order valence-corrected chi connectivity index (χ0v) is 18.1. The van der Waals surface area contributed by atoms with Gasteiger partial charge >= 0.3 is 5.97 Å². The minimum absolute atomic E-state index is 0.216. The Kier molecular flexibility index (Phi) is 5.70. The third kappa shape index (κ3) is 4.16. The molecule has 0 aromatic heterocycles. The average Bonchev–Trinajstić information content (AvgIpc) is 2.65. The summed E-state index contributed by atoms with van der Waals surface area (Å²) >= 11 is 0. The first-order chi connectivity index (χ1) is 13.1. The molecule has 0 radical (unpaired) electrons. The van der Waals surface area contributed by atoms with Crippen molar-refractivity contribution < 1.29 is 9.90 Å². The van der Waals surface area contributed by atoms with Gasteiger partial charge in [0.2, 0.25) is 0 Å². The van der Waals surface area contributed by atoms with Crippen molar-refractivity contribution in [3.05, 3.63) is 64.3 Å². The zero-order valence-electron chi connectivity index (χ0n) is 18.1. The van der Waals surface area contributed by atoms with Gasteiger partial charge in [-0.05, 0) is 84.1 Å². The quantitative estimate of drug-likeness (QED) is 0.454. The lowest BCUT2D eigenvalue weighted by Gasteiger charge is -2.42. The van der Waals surface area contributed by atoms with Crippen LogP contribution < -0.4 is 0 Å². The van der Waals surface area contributed by atoms with Crippen molar-refractivity contribution in [2.24, 2.45) is 0 Å². The highest BCUT2D eigenvalue weighted by Crippen LogP contribution is 2.47. The molecule has 0 atom stereocenters. The van der Waals surface area contributed by atoms with Crippen LogP contribution in [0.3, 0.4) is 0 Å². The molecule has 0 unspecified atom stereocenters. The summed E-state index contributed by atoms with van der Waals surface area (Å²) in [6.07, 6.45) is 12.8. The number of carbonyl (C=O) groups is 1. The smallest absolute Gasteiger partial charge is 0.331 e. The predicted molar refractivity (Wildman–Crippen MR) is 118 cm³/mol. The third-order valence-electron chi connectivity index (χ3n) is 6.69. The van der Waals surface area contributed by atoms with E-state index in [2.05, 4.69) is 52.0 Å². The molecule has 0 saturated heterocycles. The molecule has 0 amide bonds. The highest BCUT2D eigenvalue weighted by atomic mass is 16.4. The van der Waals surface area contributed by atoms with E-state index in [4.69, 9.17) is 5.11 Å². The molecule has 28 heavy (non-hydrogen) atoms. The van der Waals surface area contributed by atoms with Gasteiger partial charge in [-0.25, -0.2) is 4.79 Å². The minimum atomic E-state index is -0.859. The summed E-state index contributed by atoms with van der Waals surface area (Å²) in [6, 6.07) is 7.13. The van der Waals surface area contributed by atoms with Gasteiger partial charge < -0.3 is 5.11 Å². The van der Waals surface area contributed by atoms with Gasteiger partial charge in [-0.3, -0.25) is 0 Å². The van der Waals surface area contributed by atoms with Gasteiger partial charge in [0.1, 0.15) is 0 Å². The van der Waals surface area contributed by atoms with E-state index in [9.17, 15) is 4.79 Å². The Bertz CT molecular complexity index is 862. The van der Waals surface area contributed by atoms with E-state index in [0.717, 1.165) is 12.8 Å². The average molecular weight is 379 g/mol. The number of carboxylic acids is 1. The molecule has 0 bridgehead atoms. The van der Waals surface area contributed by atoms with Crippen LogP contribution in [0.1, 0.15) is 89.8 Å². The highest BCUT2D eigenvalue weighted by molar-refractivity contribution is 5.86. The molecule has 3 rings (SSSR count). The number of hydrogen-bond acceptors (Lipinski definition) is 1. The molecule has 2 heteroatoms. The second-order valence-corrected chi connectivity index (χ2v) is 9.75. The molecular weight excluding hydrogens is 344 g/mol. The molecule has 0 heterocycles. The maximum Gasteiger partial charge on any atom is 0.331 e. The first-order valence-corrected chi connectivity index (χ1v) is 10.6. The van der Waals surface area contributed by atoms with Crippen molar-refractivity contribution in [1.29, 1.82) is 0 Å². The molecule has 0 aliphatic heterocycles. The summed E-state index contributed by atoms with van der Waals surface area (Å²) in [4.78, 5) is 11.0. The molecule has 0 saturated carbocycles. The molecule has 1 N–H and O–H groups in total. The van der Waals surface area contributed by atoms with Crippen LogP contribution in [-0.2, 0) is 15.6 Å². The van der Waals surface area contributed by atoms with Crippen LogP contribution >= 0.6 is 0 Å². The molecule has 1 aromatic carbocycles. The van der Waals surface area contributed by atoms with E-state index < -0.39 is 5.97 Å². The van der Waals surface area contributed by atoms with Gasteiger partial charge in [0.05, 0.1) is 0 Å². The Morgan fingerprint density at radius 3 is 2.32 bits per heavy atom. The van der Waals surface area contributed by atoms with Crippen LogP contribution in [0.15, 0.2) is 47.6 Å². The Morgan fingerprint density at radius 2 is 1.64 bits per heavy atom. The summed E-state index contributed by atoms with van der Waals surface area (Å²) in [5.41, 5.74) is 7.97. The Hall–Kier alpha value is -2.09. The number of benzene rings is 1. The summed E-state index contributed by atoms with van der Waals surface area (Å²) < 4.78 is 0. The third-order valence-corrected chi connectivity index (χ3v) is 6.69. The number of carboxylic acid groups (broad SMARTS) is 1. The van der Waals surface area contributed by atoms with Crippen LogP contribution in [0, 0.1) is 0 Å². The monoisotopic (exact) mass is 378 g/mol. The second kappa shape index (κ2) is 7.73. The van der Waals surface area contributed by atoms with Crippen LogP contribution in [0.5, 0.6) is 0 Å². The van der Waals surface area contributed by atoms with Gasteiger partial charge in [-0.1, -0.05) is 64.1 Å². The summed E-state index contributed by atoms with van der Waals surface area (Å²) in [7, 11) is 0. The second-order valence-electron chi connectivity index (χ2n) is 9.75. The number of fused-ring (bicyclic) bond motifs is 1. The normalized spacial score (nSPS) is 21.7. The molecule has 0 spiro atoms. The lowest BCUT2D eigenvalue weighted by atomic mass is 9.62. The summed E-state index contributed by atoms with van der Waals surface area (Å²) in [6.45, 7) is 11.1. The zero-order chi connectivity index (χ0) is 20.5. The van der Waals surface area contributed by atoms with E-state index in [0.29, 0.717) is 5.57 Å². The van der Waals surface area contributed by atoms with Crippen LogP contribution in [0.25, 0.3) is 5.57 Å². The minimum Gasteiger partial charge on any atom is -0.478 e. The number of allylic oxidation sites excluding steroid dienone is 5. The van der Waals surface area contributed by atoms with Gasteiger partial charge in [-0.2, -0.15) is 0 Å². The van der Waals surface area contributed by atoms with Crippen LogP contribution in [0.2, 0.25) is 0 Å². The molecule has 2 nitrogen and oxygen atoms in total. The van der Waals surface area contributed by atoms with Gasteiger partial charge in [0.15, 0.2) is 0 Å². The standard InChI is InChI=1S/C26H34O2/c1-18(24(27)28)9-8-11-19-10-6-7-12-21(19)20-13-14-22-23(17-20)26(4,5)16-15-25(22,2)3/h8-9,11,13-14,17H,6-7,10,12,15-16H2,1-5H3,(H,27,28). The summed E-state index contributed by atoms with van der Waals surface area (Å²) in [5, 5.41) is 9.04. The molecule has 1 aromatic rings. The van der Waals surface area contributed by atoms with E-state index in [1.54, 1.807) is 13.0 Å². The fourth-order valence-electron chi connectivity index (χ4n) is 4.60. The largest absolute Gasteiger partial charge is 0.478 e. The maximum atomic E-state index is 11.0. The fourth-order valence-corrected chi connectivity index (χ4v) is 4.60. The number of rotatable bonds is 4. The van der Waals surface area contributed by atoms with Gasteiger partial charge in [-0.15, -0.1) is 0 Å². The molecule has 150 valence electrons. The van der Waals surface area contributed by atoms with E-state index in [1.807, 2.05) is 6.08 Å². The van der Waals surface area contributed by atoms with Crippen molar-refractivity contribution >= 4 is 11.5 Å². The number of hydrogen-bond donors (Lipinski definition) is 1. The first-order valence-electron chi connectivity index (χ1n) is 10.6. The first kappa shape index (κ1) is 20.6. The van der Waals surface area contributed by atoms with Crippen LogP contribution in [0.4, 0.5) is 0 Å². The maximum absolute atomic E-state index is 11.0. The van der Waals surface area contributed by atoms with E-state index in [1.165, 1.54) is 53.5 Å². The topological polar surface area (TPSA) is 37.3 Å². The van der Waals surface area contributed by atoms with E-state index >= 15 is 0 Å². The Labute approximate surface area is 170 Å². The van der Waals surface area contributed by atoms with Gasteiger partial charge in [0.25, 0.3) is 0 Å². The van der Waals surface area contributed by atoms with Crippen molar-refractivity contribution in [3.63, 3.8) is 0 Å². The molecule has 0 fully saturated rings. The molecule has 2 aliphatic carbocycles. The predicted octanol–water partition coefficient (Wildman–Crippen LogP) is 6.95. The highest BCUT2D eigenvalue weighted by Gasteiger charge is 2.37.